The zero-order valence-electron chi connectivity index (χ0n) is 22.5. The highest BCUT2D eigenvalue weighted by Crippen LogP contribution is 2.41. The average Bonchev–Trinajstić information content (AvgIpc) is 3.41. The summed E-state index contributed by atoms with van der Waals surface area (Å²) >= 11 is 1.77. The van der Waals surface area contributed by atoms with Gasteiger partial charge in [0.1, 0.15) is 5.82 Å². The molecule has 200 valence electrons. The number of nitrogens with one attached hydrogen (secondary N) is 1. The summed E-state index contributed by atoms with van der Waals surface area (Å²) in [6.45, 7) is 8.32. The van der Waals surface area contributed by atoms with Gasteiger partial charge in [-0.2, -0.15) is 0 Å². The van der Waals surface area contributed by atoms with Crippen molar-refractivity contribution in [1.82, 2.24) is 14.8 Å². The van der Waals surface area contributed by atoms with E-state index >= 15 is 0 Å². The molecular weight excluding hydrogens is 496 g/mol. The lowest BCUT2D eigenvalue weighted by Crippen LogP contribution is -2.52. The molecule has 1 fully saturated rings. The van der Waals surface area contributed by atoms with Gasteiger partial charge in [0, 0.05) is 55.2 Å². The van der Waals surface area contributed by atoms with Crippen molar-refractivity contribution in [3.05, 3.63) is 63.5 Å². The number of amides is 3. The van der Waals surface area contributed by atoms with Gasteiger partial charge < -0.3 is 15.1 Å². The molecule has 0 aromatic carbocycles. The Balaban J connectivity index is 1.21. The molecule has 5 heterocycles. The number of rotatable bonds is 4. The molecule has 1 N–H and O–H groups in total. The summed E-state index contributed by atoms with van der Waals surface area (Å²) in [4.78, 5) is 48.2. The molecule has 2 aromatic heterocycles. The molecular formula is C30H36N4O3S. The zero-order valence-corrected chi connectivity index (χ0v) is 23.3. The van der Waals surface area contributed by atoms with E-state index in [2.05, 4.69) is 33.9 Å². The first-order valence-corrected chi connectivity index (χ1v) is 14.3. The SMILES string of the molecule is CC(C)(C)C(=O)N1CCC2(CC1)Cc1cc(C=CC(=O)N3CC=C(Cc4cccs4)CC3)cnc1NC2=O. The number of hydrogen-bond acceptors (Lipinski definition) is 5. The van der Waals surface area contributed by atoms with Crippen molar-refractivity contribution >= 4 is 41.0 Å². The Morgan fingerprint density at radius 2 is 1.97 bits per heavy atom. The first-order chi connectivity index (χ1) is 18.1. The third kappa shape index (κ3) is 5.60. The van der Waals surface area contributed by atoms with Crippen LogP contribution in [0.2, 0.25) is 0 Å². The van der Waals surface area contributed by atoms with E-state index in [0.29, 0.717) is 44.7 Å². The second-order valence-electron chi connectivity index (χ2n) is 11.7. The van der Waals surface area contributed by atoms with Crippen LogP contribution in [0.5, 0.6) is 0 Å². The van der Waals surface area contributed by atoms with E-state index in [0.717, 1.165) is 30.5 Å². The van der Waals surface area contributed by atoms with Gasteiger partial charge >= 0.3 is 0 Å². The van der Waals surface area contributed by atoms with E-state index in [9.17, 15) is 14.4 Å². The predicted molar refractivity (Wildman–Crippen MR) is 151 cm³/mol. The minimum Gasteiger partial charge on any atom is -0.342 e. The van der Waals surface area contributed by atoms with Crippen molar-refractivity contribution in [1.29, 1.82) is 0 Å². The Morgan fingerprint density at radius 3 is 2.63 bits per heavy atom. The van der Waals surface area contributed by atoms with Gasteiger partial charge in [0.05, 0.1) is 5.41 Å². The molecule has 0 aliphatic carbocycles. The van der Waals surface area contributed by atoms with Crippen LogP contribution in [0.4, 0.5) is 5.82 Å². The second-order valence-corrected chi connectivity index (χ2v) is 12.7. The van der Waals surface area contributed by atoms with Crippen LogP contribution in [0, 0.1) is 10.8 Å². The van der Waals surface area contributed by atoms with Crippen LogP contribution in [0.25, 0.3) is 6.08 Å². The van der Waals surface area contributed by atoms with Crippen LogP contribution < -0.4 is 5.32 Å². The van der Waals surface area contributed by atoms with Crippen molar-refractivity contribution in [2.24, 2.45) is 10.8 Å². The second kappa shape index (κ2) is 10.5. The molecule has 3 amide bonds. The number of pyridine rings is 1. The number of nitrogens with zero attached hydrogens (tertiary/aromatic N) is 3. The number of likely N-dealkylation sites (tertiary alicyclic amines) is 1. The Kier molecular flexibility index (Phi) is 7.27. The number of carbonyl (C=O) groups is 3. The maximum absolute atomic E-state index is 13.1. The minimum absolute atomic E-state index is 0.00423. The highest BCUT2D eigenvalue weighted by atomic mass is 32.1. The smallest absolute Gasteiger partial charge is 0.246 e. The van der Waals surface area contributed by atoms with Crippen LogP contribution in [0.15, 0.2) is 47.5 Å². The number of anilines is 1. The van der Waals surface area contributed by atoms with E-state index in [1.807, 2.05) is 42.7 Å². The van der Waals surface area contributed by atoms with Gasteiger partial charge in [-0.15, -0.1) is 11.3 Å². The van der Waals surface area contributed by atoms with Crippen molar-refractivity contribution in [3.63, 3.8) is 0 Å². The van der Waals surface area contributed by atoms with Crippen molar-refractivity contribution in [2.45, 2.75) is 52.9 Å². The Bertz CT molecular complexity index is 1280. The summed E-state index contributed by atoms with van der Waals surface area (Å²) in [5, 5.41) is 5.10. The van der Waals surface area contributed by atoms with Crippen molar-refractivity contribution in [2.75, 3.05) is 31.5 Å². The van der Waals surface area contributed by atoms with Crippen LogP contribution in [-0.2, 0) is 27.2 Å². The van der Waals surface area contributed by atoms with Gasteiger partial charge in [-0.05, 0) is 60.4 Å². The van der Waals surface area contributed by atoms with E-state index in [4.69, 9.17) is 0 Å². The number of carbonyl (C=O) groups excluding carboxylic acids is 3. The lowest BCUT2D eigenvalue weighted by Gasteiger charge is -2.44. The molecule has 3 aliphatic rings. The van der Waals surface area contributed by atoms with E-state index in [-0.39, 0.29) is 17.7 Å². The molecule has 1 spiro atoms. The van der Waals surface area contributed by atoms with Gasteiger partial charge in [0.25, 0.3) is 0 Å². The fourth-order valence-electron chi connectivity index (χ4n) is 5.55. The van der Waals surface area contributed by atoms with E-state index in [1.165, 1.54) is 10.5 Å². The quantitative estimate of drug-likeness (QED) is 0.457. The van der Waals surface area contributed by atoms with Crippen LogP contribution in [0.1, 0.15) is 56.0 Å². The molecule has 7 nitrogen and oxygen atoms in total. The summed E-state index contributed by atoms with van der Waals surface area (Å²) < 4.78 is 0. The molecule has 38 heavy (non-hydrogen) atoms. The van der Waals surface area contributed by atoms with Gasteiger partial charge in [-0.25, -0.2) is 4.98 Å². The number of aromatic nitrogens is 1. The predicted octanol–water partition coefficient (Wildman–Crippen LogP) is 4.71. The minimum atomic E-state index is -0.525. The first-order valence-electron chi connectivity index (χ1n) is 13.4. The van der Waals surface area contributed by atoms with Gasteiger partial charge in [0.2, 0.25) is 17.7 Å². The van der Waals surface area contributed by atoms with E-state index < -0.39 is 10.8 Å². The maximum Gasteiger partial charge on any atom is 0.246 e. The molecule has 0 saturated carbocycles. The topological polar surface area (TPSA) is 82.6 Å². The summed E-state index contributed by atoms with van der Waals surface area (Å²) in [5.74, 6) is 0.715. The molecule has 0 unspecified atom stereocenters. The Morgan fingerprint density at radius 1 is 1.18 bits per heavy atom. The molecule has 3 aliphatic heterocycles. The van der Waals surface area contributed by atoms with Crippen molar-refractivity contribution < 1.29 is 14.4 Å². The average molecular weight is 533 g/mol. The Labute approximate surface area is 228 Å². The van der Waals surface area contributed by atoms with Crippen molar-refractivity contribution in [3.8, 4) is 0 Å². The summed E-state index contributed by atoms with van der Waals surface area (Å²) in [6.07, 6.45) is 11.0. The highest BCUT2D eigenvalue weighted by molar-refractivity contribution is 7.09. The third-order valence-electron chi connectivity index (χ3n) is 7.89. The largest absolute Gasteiger partial charge is 0.342 e. The summed E-state index contributed by atoms with van der Waals surface area (Å²) in [6, 6.07) is 6.25. The van der Waals surface area contributed by atoms with Crippen LogP contribution >= 0.6 is 11.3 Å². The molecule has 8 heteroatoms. The van der Waals surface area contributed by atoms with Crippen LogP contribution in [0.3, 0.4) is 0 Å². The zero-order chi connectivity index (χ0) is 26.9. The lowest BCUT2D eigenvalue weighted by atomic mass is 9.71. The molecule has 2 aromatic rings. The Hall–Kier alpha value is -3.26. The molecule has 5 rings (SSSR count). The standard InChI is InChI=1S/C30H36N4O3S/c1-29(2,3)28(37)34-14-10-30(11-15-34)19-23-17-22(20-31-26(23)32-27(30)36)6-7-25(35)33-12-8-21(9-13-33)18-24-5-4-16-38-24/h4-8,16-17,20H,9-15,18-19H2,1-3H3,(H,31,32,36). The molecule has 0 bridgehead atoms. The first kappa shape index (κ1) is 26.4. The van der Waals surface area contributed by atoms with Crippen LogP contribution in [-0.4, -0.2) is 58.7 Å². The molecule has 0 radical (unpaired) electrons. The maximum atomic E-state index is 13.1. The molecule has 0 atom stereocenters. The molecule has 1 saturated heterocycles. The number of fused-ring (bicyclic) bond motifs is 1. The van der Waals surface area contributed by atoms with Gasteiger partial charge in [-0.1, -0.05) is 38.5 Å². The highest BCUT2D eigenvalue weighted by Gasteiger charge is 2.46. The summed E-state index contributed by atoms with van der Waals surface area (Å²) in [7, 11) is 0. The third-order valence-corrected chi connectivity index (χ3v) is 8.77. The van der Waals surface area contributed by atoms with Gasteiger partial charge in [0.15, 0.2) is 0 Å². The number of piperidine rings is 1. The lowest BCUT2D eigenvalue weighted by molar-refractivity contribution is -0.144. The fraction of sp³-hybridized carbons (Fsp3) is 0.467. The van der Waals surface area contributed by atoms with E-state index in [1.54, 1.807) is 23.6 Å². The monoisotopic (exact) mass is 532 g/mol. The number of hydrogen-bond donors (Lipinski definition) is 1. The van der Waals surface area contributed by atoms with Gasteiger partial charge in [-0.3, -0.25) is 14.4 Å². The summed E-state index contributed by atoms with van der Waals surface area (Å²) in [5.41, 5.74) is 2.26. The fourth-order valence-corrected chi connectivity index (χ4v) is 6.31. The number of thiophene rings is 1. The normalized spacial score (nSPS) is 19.3.